The number of hydrogen-bond acceptors (Lipinski definition) is 14. The highest BCUT2D eigenvalue weighted by Gasteiger charge is 2.15. The maximum atomic E-state index is 11.5. The second-order valence-corrected chi connectivity index (χ2v) is 8.84. The predicted molar refractivity (Wildman–Crippen MR) is 157 cm³/mol. The molecule has 0 aliphatic carbocycles. The molecule has 0 fully saturated rings. The molecule has 0 aliphatic rings. The van der Waals surface area contributed by atoms with Crippen molar-refractivity contribution in [1.29, 1.82) is 0 Å². The Labute approximate surface area is 249 Å². The van der Waals surface area contributed by atoms with E-state index in [1.54, 1.807) is 48.5 Å². The van der Waals surface area contributed by atoms with Gasteiger partial charge in [0.25, 0.3) is 0 Å². The van der Waals surface area contributed by atoms with Gasteiger partial charge in [-0.15, -0.1) is 0 Å². The normalized spacial score (nSPS) is 9.88. The molecule has 0 amide bonds. The Hall–Kier alpha value is -4.48. The first-order chi connectivity index (χ1) is 20.0. The van der Waals surface area contributed by atoms with Crippen molar-refractivity contribution in [1.82, 2.24) is 19.9 Å². The number of hydrogen-bond donors (Lipinski definition) is 6. The zero-order chi connectivity index (χ0) is 31.2. The van der Waals surface area contributed by atoms with Gasteiger partial charge < -0.3 is 41.2 Å². The summed E-state index contributed by atoms with van der Waals surface area (Å²) in [7, 11) is 1.08. The van der Waals surface area contributed by atoms with Gasteiger partial charge in [-0.05, 0) is 32.5 Å². The van der Waals surface area contributed by atoms with E-state index in [-0.39, 0.29) is 36.2 Å². The lowest BCUT2D eigenvalue weighted by molar-refractivity contribution is 0.0586. The molecule has 220 valence electrons. The van der Waals surface area contributed by atoms with Crippen molar-refractivity contribution in [2.24, 2.45) is 0 Å². The van der Waals surface area contributed by atoms with Crippen molar-refractivity contribution in [2.45, 2.75) is 13.2 Å². The molecule has 0 spiro atoms. The lowest BCUT2D eigenvalue weighted by Gasteiger charge is -2.06. The molecule has 2 aromatic heterocycles. The second-order valence-electron chi connectivity index (χ2n) is 8.03. The van der Waals surface area contributed by atoms with Crippen LogP contribution in [0.3, 0.4) is 0 Å². The van der Waals surface area contributed by atoms with Gasteiger partial charge in [0.15, 0.2) is 23.0 Å². The fourth-order valence-corrected chi connectivity index (χ4v) is 3.26. The molecule has 0 saturated heterocycles. The van der Waals surface area contributed by atoms with Gasteiger partial charge in [-0.1, -0.05) is 48.5 Å². The van der Waals surface area contributed by atoms with E-state index >= 15 is 0 Å². The first-order valence-electron chi connectivity index (χ1n) is 11.9. The summed E-state index contributed by atoms with van der Waals surface area (Å²) >= 11 is 3.06. The van der Waals surface area contributed by atoms with Crippen molar-refractivity contribution >= 4 is 52.1 Å². The number of aromatic nitrogens is 4. The summed E-state index contributed by atoms with van der Waals surface area (Å²) in [5.74, 6) is -1.13. The number of benzene rings is 2. The number of methoxy groups -OCH3 is 2. The van der Waals surface area contributed by atoms with E-state index in [0.717, 1.165) is 16.7 Å². The number of aliphatic hydroxyl groups excluding tert-OH is 2. The van der Waals surface area contributed by atoms with Crippen LogP contribution in [0.4, 0.5) is 11.6 Å². The molecule has 0 aliphatic heterocycles. The Morgan fingerprint density at radius 1 is 0.786 bits per heavy atom. The fraction of sp³-hybridized carbons (Fsp3) is 0.154. The van der Waals surface area contributed by atoms with E-state index in [1.807, 2.05) is 0 Å². The quantitative estimate of drug-likeness (QED) is 0.124. The van der Waals surface area contributed by atoms with E-state index in [4.69, 9.17) is 31.7 Å². The van der Waals surface area contributed by atoms with Gasteiger partial charge >= 0.3 is 19.1 Å². The number of esters is 2. The number of anilines is 2. The van der Waals surface area contributed by atoms with Gasteiger partial charge in [0.1, 0.15) is 4.60 Å². The zero-order valence-electron chi connectivity index (χ0n) is 22.5. The molecule has 8 N–H and O–H groups in total. The smallest absolute Gasteiger partial charge is 0.464 e. The Bertz CT molecular complexity index is 1480. The minimum Gasteiger partial charge on any atom is -0.464 e. The van der Waals surface area contributed by atoms with E-state index in [0.29, 0.717) is 15.8 Å². The van der Waals surface area contributed by atoms with Crippen molar-refractivity contribution in [3.8, 4) is 11.3 Å². The van der Waals surface area contributed by atoms with Gasteiger partial charge in [-0.2, -0.15) is 0 Å². The summed E-state index contributed by atoms with van der Waals surface area (Å²) in [5, 5.41) is 35.0. The van der Waals surface area contributed by atoms with Gasteiger partial charge in [0.05, 0.1) is 45.5 Å². The minimum atomic E-state index is -1.43. The molecule has 4 rings (SSSR count). The summed E-state index contributed by atoms with van der Waals surface area (Å²) in [6, 6.07) is 13.5. The number of carbonyl (C=O) groups excluding carboxylic acids is 2. The average Bonchev–Trinajstić information content (AvgIpc) is 3.02. The van der Waals surface area contributed by atoms with E-state index in [9.17, 15) is 9.59 Å². The molecule has 2 aromatic carbocycles. The number of aliphatic hydroxyl groups is 2. The molecule has 2 heterocycles. The number of carbonyl (C=O) groups is 2. The third kappa shape index (κ3) is 9.86. The Balaban J connectivity index is 0.000000233. The zero-order valence-corrected chi connectivity index (χ0v) is 24.1. The third-order valence-electron chi connectivity index (χ3n) is 5.22. The molecule has 16 heteroatoms. The Morgan fingerprint density at radius 2 is 1.24 bits per heavy atom. The summed E-state index contributed by atoms with van der Waals surface area (Å²) in [6.45, 7) is -0.0527. The molecule has 0 saturated carbocycles. The van der Waals surface area contributed by atoms with Crippen LogP contribution < -0.4 is 16.9 Å². The van der Waals surface area contributed by atoms with E-state index in [1.165, 1.54) is 26.6 Å². The summed E-state index contributed by atoms with van der Waals surface area (Å²) in [6.07, 6.45) is 2.89. The van der Waals surface area contributed by atoms with Crippen LogP contribution in [0, 0.1) is 0 Å². The van der Waals surface area contributed by atoms with Crippen LogP contribution in [-0.4, -0.2) is 73.5 Å². The van der Waals surface area contributed by atoms with Crippen LogP contribution in [0.15, 0.2) is 65.5 Å². The fourth-order valence-electron chi connectivity index (χ4n) is 2.98. The molecular formula is C26H28BBrN6O8. The van der Waals surface area contributed by atoms with Crippen LogP contribution in [-0.2, 0) is 22.7 Å². The Kier molecular flexibility index (Phi) is 13.4. The van der Waals surface area contributed by atoms with Crippen molar-refractivity contribution in [2.75, 3.05) is 25.7 Å². The summed E-state index contributed by atoms with van der Waals surface area (Å²) in [4.78, 5) is 38.0. The summed E-state index contributed by atoms with van der Waals surface area (Å²) < 4.78 is 9.46. The van der Waals surface area contributed by atoms with Crippen molar-refractivity contribution in [3.05, 3.63) is 88.0 Å². The maximum Gasteiger partial charge on any atom is 0.488 e. The first-order valence-corrected chi connectivity index (χ1v) is 12.7. The molecular weight excluding hydrogens is 615 g/mol. The lowest BCUT2D eigenvalue weighted by Crippen LogP contribution is -2.29. The van der Waals surface area contributed by atoms with Gasteiger partial charge in [-0.3, -0.25) is 0 Å². The van der Waals surface area contributed by atoms with Gasteiger partial charge in [0.2, 0.25) is 0 Å². The number of ether oxygens (including phenoxy) is 2. The van der Waals surface area contributed by atoms with Gasteiger partial charge in [0, 0.05) is 5.56 Å². The standard InChI is InChI=1S/C13H13N3O3.C7H9BO3.C6H6BrN3O2/c1-19-13(18)11-12(14)15-6-10(16-11)9-4-2-8(7-17)3-5-9;9-5-6-1-3-7(4-2-6)8(10)11;1-12-6(11)4-5(8)9-2-3(7)10-4/h2-6,17H,7H2,1H3,(H2,14,15);1-4,9-11H,5H2;2H,1H3,(H2,8,9). The molecule has 0 bridgehead atoms. The molecule has 4 aromatic rings. The predicted octanol–water partition coefficient (Wildman–Crippen LogP) is 0.471. The van der Waals surface area contributed by atoms with Gasteiger partial charge in [-0.25, -0.2) is 29.5 Å². The molecule has 0 unspecified atom stereocenters. The summed E-state index contributed by atoms with van der Waals surface area (Å²) in [5.41, 5.74) is 14.2. The number of nitrogen functional groups attached to an aromatic ring is 2. The third-order valence-corrected chi connectivity index (χ3v) is 5.60. The van der Waals surface area contributed by atoms with Crippen molar-refractivity contribution < 1.29 is 39.3 Å². The molecule has 0 atom stereocenters. The van der Waals surface area contributed by atoms with E-state index < -0.39 is 19.1 Å². The number of nitrogens with zero attached hydrogens (tertiary/aromatic N) is 4. The SMILES string of the molecule is COC(=O)c1nc(-c2ccc(CO)cc2)cnc1N.COC(=O)c1nc(Br)cnc1N.OCc1ccc(B(O)O)cc1. The average molecular weight is 643 g/mol. The lowest BCUT2D eigenvalue weighted by atomic mass is 9.80. The number of halogens is 1. The highest BCUT2D eigenvalue weighted by molar-refractivity contribution is 9.10. The molecule has 42 heavy (non-hydrogen) atoms. The first kappa shape index (κ1) is 33.7. The number of rotatable bonds is 6. The highest BCUT2D eigenvalue weighted by Crippen LogP contribution is 2.19. The number of nitrogens with two attached hydrogens (primary N) is 2. The van der Waals surface area contributed by atoms with Crippen LogP contribution >= 0.6 is 15.9 Å². The van der Waals surface area contributed by atoms with Crippen LogP contribution in [0.25, 0.3) is 11.3 Å². The topological polar surface area (TPSA) is 237 Å². The van der Waals surface area contributed by atoms with Crippen molar-refractivity contribution in [3.63, 3.8) is 0 Å². The largest absolute Gasteiger partial charge is 0.488 e. The van der Waals surface area contributed by atoms with Crippen LogP contribution in [0.2, 0.25) is 0 Å². The molecule has 14 nitrogen and oxygen atoms in total. The molecule has 0 radical (unpaired) electrons. The monoisotopic (exact) mass is 642 g/mol. The van der Waals surface area contributed by atoms with Crippen LogP contribution in [0.5, 0.6) is 0 Å². The van der Waals surface area contributed by atoms with E-state index in [2.05, 4.69) is 45.3 Å². The maximum absolute atomic E-state index is 11.5. The Morgan fingerprint density at radius 3 is 1.69 bits per heavy atom. The minimum absolute atomic E-state index is 0.00812. The van der Waals surface area contributed by atoms with Crippen LogP contribution in [0.1, 0.15) is 32.1 Å². The highest BCUT2D eigenvalue weighted by atomic mass is 79.9. The second kappa shape index (κ2) is 16.7.